The minimum absolute atomic E-state index is 0.103. The Balaban J connectivity index is 2.17. The molecule has 7 nitrogen and oxygen atoms in total. The van der Waals surface area contributed by atoms with Gasteiger partial charge in [-0.05, 0) is 47.6 Å². The lowest BCUT2D eigenvalue weighted by molar-refractivity contribution is -0.00225. The quantitative estimate of drug-likeness (QED) is 0.751. The fourth-order valence-corrected chi connectivity index (χ4v) is 4.75. The van der Waals surface area contributed by atoms with Gasteiger partial charge in [0.1, 0.15) is 0 Å². The molecule has 29 heavy (non-hydrogen) atoms. The molecular formula is C21H30ClN3O4. The number of hydrogen-bond donors (Lipinski definition) is 2. The number of carbonyl (C=O) groups excluding carboxylic acids is 1. The van der Waals surface area contributed by atoms with E-state index in [1.54, 1.807) is 0 Å². The van der Waals surface area contributed by atoms with E-state index < -0.39 is 12.1 Å². The Labute approximate surface area is 176 Å². The van der Waals surface area contributed by atoms with E-state index in [0.29, 0.717) is 37.7 Å². The van der Waals surface area contributed by atoms with E-state index in [2.05, 4.69) is 26.1 Å². The van der Waals surface area contributed by atoms with Crippen LogP contribution in [0, 0.1) is 5.41 Å². The van der Waals surface area contributed by atoms with E-state index in [4.69, 9.17) is 16.3 Å². The minimum Gasteiger partial charge on any atom is -0.465 e. The van der Waals surface area contributed by atoms with Crippen molar-refractivity contribution in [2.75, 3.05) is 32.8 Å². The molecule has 2 aliphatic heterocycles. The van der Waals surface area contributed by atoms with Crippen LogP contribution in [0.4, 0.5) is 9.59 Å². The van der Waals surface area contributed by atoms with Gasteiger partial charge in [0.25, 0.3) is 0 Å². The Hall–Kier alpha value is -1.99. The number of urea groups is 1. The van der Waals surface area contributed by atoms with E-state index in [1.807, 2.05) is 24.0 Å². The molecule has 2 N–H and O–H groups in total. The van der Waals surface area contributed by atoms with Crippen LogP contribution >= 0.6 is 11.6 Å². The van der Waals surface area contributed by atoms with Gasteiger partial charge < -0.3 is 20.1 Å². The fourth-order valence-electron chi connectivity index (χ4n) is 4.50. The molecule has 0 saturated carbocycles. The predicted molar refractivity (Wildman–Crippen MR) is 111 cm³/mol. The van der Waals surface area contributed by atoms with Crippen molar-refractivity contribution in [1.82, 2.24) is 15.1 Å². The van der Waals surface area contributed by atoms with Gasteiger partial charge in [-0.2, -0.15) is 0 Å². The lowest BCUT2D eigenvalue weighted by Crippen LogP contribution is -2.50. The number of hydrogen-bond acceptors (Lipinski definition) is 3. The number of morpholine rings is 1. The molecule has 0 bridgehead atoms. The normalized spacial score (nSPS) is 22.2. The van der Waals surface area contributed by atoms with Gasteiger partial charge in [0.05, 0.1) is 25.3 Å². The largest absolute Gasteiger partial charge is 0.465 e. The van der Waals surface area contributed by atoms with Gasteiger partial charge >= 0.3 is 12.1 Å². The van der Waals surface area contributed by atoms with Crippen molar-refractivity contribution in [3.05, 3.63) is 33.8 Å². The second-order valence-electron chi connectivity index (χ2n) is 8.68. The number of nitrogens with one attached hydrogen (secondary N) is 1. The average molecular weight is 424 g/mol. The summed E-state index contributed by atoms with van der Waals surface area (Å²) in [5.41, 5.74) is 2.65. The molecule has 0 spiro atoms. The van der Waals surface area contributed by atoms with Crippen molar-refractivity contribution in [3.63, 3.8) is 0 Å². The summed E-state index contributed by atoms with van der Waals surface area (Å²) in [7, 11) is 0. The van der Waals surface area contributed by atoms with Crippen molar-refractivity contribution in [2.45, 2.75) is 46.2 Å². The SMILES string of the molecule is CCNC(=O)N1CCc2cc(Cl)cc(C3COCCN3C(=O)O)c2C1C(C)(C)C. The van der Waals surface area contributed by atoms with Crippen molar-refractivity contribution in [3.8, 4) is 0 Å². The van der Waals surface area contributed by atoms with Gasteiger partial charge in [-0.15, -0.1) is 0 Å². The standard InChI is InChI=1S/C21H30ClN3O4/c1-5-23-19(26)25-7-6-13-10-14(22)11-15(17(13)18(25)21(2,3)4)16-12-29-9-8-24(16)20(27)28/h10-11,16,18H,5-9,12H2,1-4H3,(H,23,26)(H,27,28). The van der Waals surface area contributed by atoms with Gasteiger partial charge in [0, 0.05) is 24.7 Å². The molecule has 0 aliphatic carbocycles. The number of carboxylic acid groups (broad SMARTS) is 1. The van der Waals surface area contributed by atoms with Crippen molar-refractivity contribution < 1.29 is 19.4 Å². The number of carbonyl (C=O) groups is 2. The minimum atomic E-state index is -0.976. The summed E-state index contributed by atoms with van der Waals surface area (Å²) in [4.78, 5) is 28.0. The topological polar surface area (TPSA) is 82.1 Å². The third-order valence-electron chi connectivity index (χ3n) is 5.61. The molecule has 3 amide bonds. The number of ether oxygens (including phenoxy) is 1. The van der Waals surface area contributed by atoms with E-state index in [1.165, 1.54) is 4.90 Å². The highest BCUT2D eigenvalue weighted by Gasteiger charge is 2.42. The monoisotopic (exact) mass is 423 g/mol. The Morgan fingerprint density at radius 3 is 2.62 bits per heavy atom. The van der Waals surface area contributed by atoms with E-state index in [-0.39, 0.29) is 24.1 Å². The van der Waals surface area contributed by atoms with E-state index in [9.17, 15) is 14.7 Å². The number of nitrogens with zero attached hydrogens (tertiary/aromatic N) is 2. The van der Waals surface area contributed by atoms with Crippen LogP contribution in [0.15, 0.2) is 12.1 Å². The number of rotatable bonds is 2. The average Bonchev–Trinajstić information content (AvgIpc) is 2.65. The first-order valence-corrected chi connectivity index (χ1v) is 10.5. The Morgan fingerprint density at radius 1 is 1.28 bits per heavy atom. The van der Waals surface area contributed by atoms with Crippen LogP contribution in [0.25, 0.3) is 0 Å². The molecule has 2 heterocycles. The van der Waals surface area contributed by atoms with Gasteiger partial charge in [-0.3, -0.25) is 4.90 Å². The molecule has 2 unspecified atom stereocenters. The smallest absolute Gasteiger partial charge is 0.407 e. The van der Waals surface area contributed by atoms with Crippen LogP contribution in [0.1, 0.15) is 56.5 Å². The Morgan fingerprint density at radius 2 is 2.00 bits per heavy atom. The van der Waals surface area contributed by atoms with Crippen LogP contribution in [-0.4, -0.2) is 59.9 Å². The predicted octanol–water partition coefficient (Wildman–Crippen LogP) is 4.07. The molecule has 8 heteroatoms. The summed E-state index contributed by atoms with van der Waals surface area (Å²) < 4.78 is 5.64. The van der Waals surface area contributed by atoms with Crippen LogP contribution in [0.5, 0.6) is 0 Å². The Kier molecular flexibility index (Phi) is 6.29. The maximum Gasteiger partial charge on any atom is 0.407 e. The summed E-state index contributed by atoms with van der Waals surface area (Å²) in [6.45, 7) is 10.3. The van der Waals surface area contributed by atoms with E-state index in [0.717, 1.165) is 16.7 Å². The third-order valence-corrected chi connectivity index (χ3v) is 5.83. The van der Waals surface area contributed by atoms with Crippen molar-refractivity contribution in [2.24, 2.45) is 5.41 Å². The molecule has 0 radical (unpaired) electrons. The molecule has 2 atom stereocenters. The summed E-state index contributed by atoms with van der Waals surface area (Å²) in [5.74, 6) is 0. The lowest BCUT2D eigenvalue weighted by Gasteiger charge is -2.47. The highest BCUT2D eigenvalue weighted by Crippen LogP contribution is 2.47. The molecule has 160 valence electrons. The number of halogens is 1. The molecule has 1 aromatic rings. The maximum absolute atomic E-state index is 12.9. The summed E-state index contributed by atoms with van der Waals surface area (Å²) in [6.07, 6.45) is -0.302. The second kappa shape index (κ2) is 8.40. The van der Waals surface area contributed by atoms with Gasteiger partial charge in [-0.25, -0.2) is 9.59 Å². The highest BCUT2D eigenvalue weighted by atomic mass is 35.5. The first kappa shape index (κ1) is 21.7. The fraction of sp³-hybridized carbons (Fsp3) is 0.619. The summed E-state index contributed by atoms with van der Waals surface area (Å²) in [5, 5.41) is 13.2. The van der Waals surface area contributed by atoms with Crippen LogP contribution < -0.4 is 5.32 Å². The van der Waals surface area contributed by atoms with Crippen LogP contribution in [0.2, 0.25) is 5.02 Å². The molecule has 3 rings (SSSR count). The van der Waals surface area contributed by atoms with Gasteiger partial charge in [-0.1, -0.05) is 32.4 Å². The zero-order chi connectivity index (χ0) is 21.3. The lowest BCUT2D eigenvalue weighted by atomic mass is 9.74. The molecule has 1 fully saturated rings. The zero-order valence-corrected chi connectivity index (χ0v) is 18.3. The number of amides is 3. The van der Waals surface area contributed by atoms with Gasteiger partial charge in [0.2, 0.25) is 0 Å². The van der Waals surface area contributed by atoms with Gasteiger partial charge in [0.15, 0.2) is 0 Å². The number of benzene rings is 1. The van der Waals surface area contributed by atoms with E-state index >= 15 is 0 Å². The van der Waals surface area contributed by atoms with Crippen molar-refractivity contribution >= 4 is 23.7 Å². The van der Waals surface area contributed by atoms with Crippen LogP contribution in [0.3, 0.4) is 0 Å². The molecular weight excluding hydrogens is 394 g/mol. The Bertz CT molecular complexity index is 793. The first-order chi connectivity index (χ1) is 13.6. The molecule has 0 aromatic heterocycles. The van der Waals surface area contributed by atoms with Crippen LogP contribution in [-0.2, 0) is 11.2 Å². The molecule has 2 aliphatic rings. The maximum atomic E-state index is 12.9. The number of fused-ring (bicyclic) bond motifs is 1. The highest BCUT2D eigenvalue weighted by molar-refractivity contribution is 6.30. The molecule has 1 aromatic carbocycles. The zero-order valence-electron chi connectivity index (χ0n) is 17.5. The third kappa shape index (κ3) is 4.31. The summed E-state index contributed by atoms with van der Waals surface area (Å²) in [6, 6.07) is 3.03. The second-order valence-corrected chi connectivity index (χ2v) is 9.12. The van der Waals surface area contributed by atoms with Crippen molar-refractivity contribution in [1.29, 1.82) is 0 Å². The summed E-state index contributed by atoms with van der Waals surface area (Å²) >= 11 is 6.44. The first-order valence-electron chi connectivity index (χ1n) is 10.1. The molecule has 1 saturated heterocycles.